The average molecular weight is 606 g/mol. The van der Waals surface area contributed by atoms with Crippen LogP contribution in [0.15, 0.2) is 35.2 Å². The van der Waals surface area contributed by atoms with Crippen LogP contribution in [0.1, 0.15) is 43.0 Å². The molecule has 1 amide bonds. The first kappa shape index (κ1) is 30.3. The maximum absolute atomic E-state index is 13.7. The number of fused-ring (bicyclic) bond motifs is 2. The van der Waals surface area contributed by atoms with Crippen molar-refractivity contribution in [3.05, 3.63) is 58.4 Å². The lowest BCUT2D eigenvalue weighted by molar-refractivity contribution is -0.187. The fourth-order valence-corrected chi connectivity index (χ4v) is 8.16. The number of hydrogen-bond donors (Lipinski definition) is 4. The largest absolute Gasteiger partial charge is 0.463 e. The van der Waals surface area contributed by atoms with Crippen molar-refractivity contribution in [2.45, 2.75) is 60.6 Å². The highest BCUT2D eigenvalue weighted by atomic mass is 35.5. The molecule has 0 aliphatic heterocycles. The van der Waals surface area contributed by atoms with E-state index in [4.69, 9.17) is 16.3 Å². The average Bonchev–Trinajstić information content (AvgIpc) is 3.05. The molecule has 9 nitrogen and oxygen atoms in total. The number of carbonyl (C=O) groups excluding carboxylic acids is 2. The second-order valence-electron chi connectivity index (χ2n) is 10.2. The number of amides is 1. The van der Waals surface area contributed by atoms with Crippen LogP contribution in [-0.2, 0) is 19.4 Å². The summed E-state index contributed by atoms with van der Waals surface area (Å²) in [5.74, 6) is -7.78. The molecule has 2 fully saturated rings. The summed E-state index contributed by atoms with van der Waals surface area (Å²) in [5, 5.41) is 33.4. The van der Waals surface area contributed by atoms with Gasteiger partial charge in [0.1, 0.15) is 18.8 Å². The van der Waals surface area contributed by atoms with E-state index in [1.54, 1.807) is 0 Å². The molecule has 2 aromatic rings. The van der Waals surface area contributed by atoms with Crippen LogP contribution < -0.4 is 5.32 Å². The number of carbonyl (C=O) groups is 2. The summed E-state index contributed by atoms with van der Waals surface area (Å²) in [7, 11) is -4.19. The third kappa shape index (κ3) is 5.57. The number of sulfone groups is 1. The Morgan fingerprint density at radius 2 is 1.68 bits per heavy atom. The first-order valence-electron chi connectivity index (χ1n) is 12.4. The molecule has 14 heteroatoms. The Bertz CT molecular complexity index is 1400. The molecule has 4 N–H and O–H groups in total. The van der Waals surface area contributed by atoms with E-state index >= 15 is 0 Å². The zero-order valence-electron chi connectivity index (χ0n) is 21.1. The predicted octanol–water partition coefficient (Wildman–Crippen LogP) is 2.99. The predicted molar refractivity (Wildman–Crippen MR) is 136 cm³/mol. The number of aliphatic hydroxyl groups excluding tert-OH is 2. The lowest BCUT2D eigenvalue weighted by atomic mass is 9.70. The quantitative estimate of drug-likeness (QED) is 0.265. The maximum Gasteiger partial charge on any atom is 0.302 e. The van der Waals surface area contributed by atoms with E-state index in [9.17, 15) is 46.5 Å². The molecule has 2 aliphatic rings. The van der Waals surface area contributed by atoms with E-state index in [1.165, 1.54) is 12.1 Å². The summed E-state index contributed by atoms with van der Waals surface area (Å²) >= 11 is 6.20. The molecule has 0 heterocycles. The number of nitrogens with one attached hydrogen (secondary N) is 1. The molecule has 218 valence electrons. The van der Waals surface area contributed by atoms with Crippen molar-refractivity contribution in [1.29, 1.82) is 0 Å². The number of benzene rings is 2. The monoisotopic (exact) mass is 605 g/mol. The van der Waals surface area contributed by atoms with Gasteiger partial charge in [0.15, 0.2) is 27.3 Å². The van der Waals surface area contributed by atoms with Crippen molar-refractivity contribution in [3.63, 3.8) is 0 Å². The molecule has 4 atom stereocenters. The molecule has 40 heavy (non-hydrogen) atoms. The normalized spacial score (nSPS) is 25.8. The van der Waals surface area contributed by atoms with Gasteiger partial charge in [-0.25, -0.2) is 21.6 Å². The van der Waals surface area contributed by atoms with Crippen LogP contribution in [0.4, 0.5) is 18.9 Å². The van der Waals surface area contributed by atoms with Gasteiger partial charge < -0.3 is 25.4 Å². The van der Waals surface area contributed by atoms with Crippen LogP contribution in [0.25, 0.3) is 0 Å². The van der Waals surface area contributed by atoms with Gasteiger partial charge in [-0.05, 0) is 55.7 Å². The lowest BCUT2D eigenvalue weighted by Gasteiger charge is -2.46. The van der Waals surface area contributed by atoms with Gasteiger partial charge in [-0.3, -0.25) is 9.59 Å². The van der Waals surface area contributed by atoms with Crippen LogP contribution in [-0.4, -0.2) is 65.3 Å². The fraction of sp³-hybridized carbons (Fsp3) is 0.462. The molecule has 4 rings (SSSR count). The summed E-state index contributed by atoms with van der Waals surface area (Å²) in [6.45, 7) is 0.585. The molecule has 2 saturated carbocycles. The Hall–Kier alpha value is -2.71. The summed E-state index contributed by atoms with van der Waals surface area (Å²) in [6, 6.07) is 4.54. The molecule has 0 saturated heterocycles. The fourth-order valence-electron chi connectivity index (χ4n) is 5.75. The zero-order valence-corrected chi connectivity index (χ0v) is 22.7. The highest BCUT2D eigenvalue weighted by Crippen LogP contribution is 2.54. The minimum Gasteiger partial charge on any atom is -0.463 e. The topological polar surface area (TPSA) is 150 Å². The van der Waals surface area contributed by atoms with Gasteiger partial charge in [0.2, 0.25) is 0 Å². The van der Waals surface area contributed by atoms with Gasteiger partial charge in [-0.2, -0.15) is 0 Å². The van der Waals surface area contributed by atoms with Gasteiger partial charge in [0.25, 0.3) is 5.91 Å². The van der Waals surface area contributed by atoms with E-state index in [0.29, 0.717) is 25.0 Å². The van der Waals surface area contributed by atoms with Gasteiger partial charge in [-0.15, -0.1) is 0 Å². The van der Waals surface area contributed by atoms with Gasteiger partial charge >= 0.3 is 5.97 Å². The molecule has 0 aromatic heterocycles. The minimum atomic E-state index is -4.19. The second kappa shape index (κ2) is 11.3. The summed E-state index contributed by atoms with van der Waals surface area (Å²) in [5.41, 5.74) is -2.40. The summed E-state index contributed by atoms with van der Waals surface area (Å²) < 4.78 is 72.4. The highest BCUT2D eigenvalue weighted by Gasteiger charge is 2.60. The number of ether oxygens (including phenoxy) is 1. The van der Waals surface area contributed by atoms with Crippen molar-refractivity contribution < 1.29 is 51.2 Å². The van der Waals surface area contributed by atoms with E-state index in [-0.39, 0.29) is 28.3 Å². The van der Waals surface area contributed by atoms with Crippen molar-refractivity contribution in [1.82, 2.24) is 0 Å². The molecule has 0 radical (unpaired) electrons. The van der Waals surface area contributed by atoms with Gasteiger partial charge in [0, 0.05) is 30.3 Å². The van der Waals surface area contributed by atoms with E-state index in [2.05, 4.69) is 5.32 Å². The smallest absolute Gasteiger partial charge is 0.302 e. The molecule has 0 spiro atoms. The van der Waals surface area contributed by atoms with Gasteiger partial charge in [-0.1, -0.05) is 11.6 Å². The molecular weight excluding hydrogens is 579 g/mol. The number of rotatable bonds is 8. The first-order chi connectivity index (χ1) is 18.7. The van der Waals surface area contributed by atoms with Crippen LogP contribution in [0.2, 0.25) is 5.02 Å². The highest BCUT2D eigenvalue weighted by molar-refractivity contribution is 7.92. The van der Waals surface area contributed by atoms with Crippen molar-refractivity contribution in [3.8, 4) is 0 Å². The molecule has 2 aliphatic carbocycles. The third-order valence-electron chi connectivity index (χ3n) is 7.74. The maximum atomic E-state index is 13.7. The minimum absolute atomic E-state index is 0.0758. The number of aliphatic hydroxyl groups is 3. The third-order valence-corrected chi connectivity index (χ3v) is 10.4. The van der Waals surface area contributed by atoms with E-state index in [0.717, 1.165) is 13.0 Å². The van der Waals surface area contributed by atoms with Crippen molar-refractivity contribution in [2.75, 3.05) is 11.9 Å². The number of halogens is 4. The van der Waals surface area contributed by atoms with Crippen molar-refractivity contribution in [2.24, 2.45) is 11.8 Å². The molecule has 2 aromatic carbocycles. The molecule has 2 bridgehead atoms. The Balaban J connectivity index is 1.55. The standard InChI is InChI=1S/C26H27ClF3NO8S/c1-12(32)39-11-21(33)24(34)26(36)14-3-4-15(26)8-17(7-14)40(37,38)22-6-13(2-5-18(22)27)25(35)31-16-9-19(28)23(30)20(29)10-16/h2,5-6,9-10,14-15,17,21,24,33-34,36H,3-4,7-8,11H2,1H3,(H,31,35)/t14?,15?,17-,21-,24+,26-/m0/s1. The Morgan fingerprint density at radius 1 is 1.10 bits per heavy atom. The number of esters is 1. The Kier molecular flexibility index (Phi) is 8.53. The van der Waals surface area contributed by atoms with Crippen LogP contribution >= 0.6 is 11.6 Å². The molecular formula is C26H27ClF3NO8S. The Labute approximate surface area is 232 Å². The SMILES string of the molecule is CC(=O)OC[C@H](O)[C@@H](O)[C@]1(O)C2CCC1C[C@@H](S(=O)(=O)c1cc(C(=O)Nc3cc(F)c(F)c(F)c3)ccc1Cl)C2. The first-order valence-corrected chi connectivity index (χ1v) is 14.3. The van der Waals surface area contributed by atoms with E-state index in [1.807, 2.05) is 0 Å². The van der Waals surface area contributed by atoms with Crippen LogP contribution in [0.3, 0.4) is 0 Å². The van der Waals surface area contributed by atoms with Gasteiger partial charge in [0.05, 0.1) is 20.8 Å². The van der Waals surface area contributed by atoms with Crippen LogP contribution in [0.5, 0.6) is 0 Å². The molecule has 2 unspecified atom stereocenters. The second-order valence-corrected chi connectivity index (χ2v) is 12.8. The summed E-state index contributed by atoms with van der Waals surface area (Å²) in [4.78, 5) is 23.4. The Morgan fingerprint density at radius 3 is 2.23 bits per heavy atom. The van der Waals surface area contributed by atoms with Crippen molar-refractivity contribution >= 4 is 39.0 Å². The van der Waals surface area contributed by atoms with Crippen LogP contribution in [0, 0.1) is 29.3 Å². The van der Waals surface area contributed by atoms with E-state index < -0.39 is 86.4 Å². The lowest BCUT2D eigenvalue weighted by Crippen LogP contribution is -2.60. The number of anilines is 1. The number of hydrogen-bond acceptors (Lipinski definition) is 8. The summed E-state index contributed by atoms with van der Waals surface area (Å²) in [6.07, 6.45) is -2.67. The zero-order chi connectivity index (χ0) is 29.6.